The van der Waals surface area contributed by atoms with Crippen molar-refractivity contribution < 1.29 is 0 Å². The molecule has 19 heavy (non-hydrogen) atoms. The number of piperidine rings is 1. The van der Waals surface area contributed by atoms with E-state index in [1.165, 1.54) is 90.4 Å². The maximum Gasteiger partial charge on any atom is 0.00671 e. The average molecular weight is 266 g/mol. The molecule has 1 N–H and O–H groups in total. The number of rotatable bonds is 5. The molecule has 2 heteroatoms. The molecule has 1 saturated carbocycles. The zero-order chi connectivity index (χ0) is 13.3. The van der Waals surface area contributed by atoms with Gasteiger partial charge in [0.05, 0.1) is 0 Å². The van der Waals surface area contributed by atoms with Gasteiger partial charge in [-0.25, -0.2) is 0 Å². The van der Waals surface area contributed by atoms with Crippen LogP contribution in [0.15, 0.2) is 0 Å². The van der Waals surface area contributed by atoms with E-state index in [0.717, 1.165) is 12.0 Å². The van der Waals surface area contributed by atoms with Crippen molar-refractivity contribution in [3.8, 4) is 0 Å². The van der Waals surface area contributed by atoms with Crippen LogP contribution in [0.1, 0.15) is 71.1 Å². The minimum absolute atomic E-state index is 0.809. The standard InChI is InChI=1S/C17H34N2/c1-16(15-19-12-8-5-9-13-19)14-18-17-10-6-3-2-4-7-11-17/h16-18H,2-15H2,1H3. The Kier molecular flexibility index (Phi) is 7.23. The smallest absolute Gasteiger partial charge is 0.00671 e. The maximum atomic E-state index is 3.85. The largest absolute Gasteiger partial charge is 0.314 e. The van der Waals surface area contributed by atoms with Crippen LogP contribution in [0, 0.1) is 5.92 Å². The van der Waals surface area contributed by atoms with Crippen molar-refractivity contribution in [1.82, 2.24) is 10.2 Å². The second-order valence-corrected chi connectivity index (χ2v) is 6.92. The number of nitrogens with one attached hydrogen (secondary N) is 1. The molecule has 0 spiro atoms. The van der Waals surface area contributed by atoms with Gasteiger partial charge in [0.2, 0.25) is 0 Å². The van der Waals surface area contributed by atoms with Gasteiger partial charge >= 0.3 is 0 Å². The summed E-state index contributed by atoms with van der Waals surface area (Å²) >= 11 is 0. The van der Waals surface area contributed by atoms with E-state index in [-0.39, 0.29) is 0 Å². The van der Waals surface area contributed by atoms with Gasteiger partial charge in [-0.15, -0.1) is 0 Å². The van der Waals surface area contributed by atoms with Gasteiger partial charge in [0.1, 0.15) is 0 Å². The third-order valence-corrected chi connectivity index (χ3v) is 4.88. The third kappa shape index (κ3) is 6.27. The Labute approximate surface area is 120 Å². The molecule has 1 aliphatic carbocycles. The third-order valence-electron chi connectivity index (χ3n) is 4.88. The van der Waals surface area contributed by atoms with Gasteiger partial charge in [-0.05, 0) is 51.2 Å². The van der Waals surface area contributed by atoms with Crippen LogP contribution in [-0.2, 0) is 0 Å². The van der Waals surface area contributed by atoms with Crippen molar-refractivity contribution in [2.75, 3.05) is 26.2 Å². The van der Waals surface area contributed by atoms with Crippen LogP contribution >= 0.6 is 0 Å². The Morgan fingerprint density at radius 2 is 1.47 bits per heavy atom. The van der Waals surface area contributed by atoms with Gasteiger partial charge in [-0.1, -0.05) is 45.4 Å². The molecule has 0 amide bonds. The summed E-state index contributed by atoms with van der Waals surface area (Å²) < 4.78 is 0. The molecule has 2 rings (SSSR count). The summed E-state index contributed by atoms with van der Waals surface area (Å²) in [7, 11) is 0. The Morgan fingerprint density at radius 3 is 2.16 bits per heavy atom. The van der Waals surface area contributed by atoms with Gasteiger partial charge in [-0.3, -0.25) is 0 Å². The predicted octanol–water partition coefficient (Wildman–Crippen LogP) is 3.81. The SMILES string of the molecule is CC(CNC1CCCCCCC1)CN1CCCCC1. The molecule has 2 nitrogen and oxygen atoms in total. The predicted molar refractivity (Wildman–Crippen MR) is 83.6 cm³/mol. The average Bonchev–Trinajstić information content (AvgIpc) is 2.38. The zero-order valence-electron chi connectivity index (χ0n) is 13.0. The van der Waals surface area contributed by atoms with Gasteiger partial charge in [0.15, 0.2) is 0 Å². The second kappa shape index (κ2) is 8.97. The lowest BCUT2D eigenvalue weighted by Gasteiger charge is -2.30. The van der Waals surface area contributed by atoms with E-state index in [9.17, 15) is 0 Å². The Bertz CT molecular complexity index is 215. The quantitative estimate of drug-likeness (QED) is 0.814. The first kappa shape index (κ1) is 15.3. The number of hydrogen-bond acceptors (Lipinski definition) is 2. The van der Waals surface area contributed by atoms with Crippen LogP contribution in [0.4, 0.5) is 0 Å². The van der Waals surface area contributed by atoms with E-state index >= 15 is 0 Å². The van der Waals surface area contributed by atoms with Gasteiger partial charge in [0, 0.05) is 12.6 Å². The molecule has 2 aliphatic rings. The summed E-state index contributed by atoms with van der Waals surface area (Å²) in [6.07, 6.45) is 14.4. The van der Waals surface area contributed by atoms with Crippen LogP contribution in [0.5, 0.6) is 0 Å². The fourth-order valence-corrected chi connectivity index (χ4v) is 3.68. The molecule has 2 fully saturated rings. The molecular formula is C17H34N2. The van der Waals surface area contributed by atoms with Crippen LogP contribution in [-0.4, -0.2) is 37.1 Å². The van der Waals surface area contributed by atoms with E-state index in [1.807, 2.05) is 0 Å². The van der Waals surface area contributed by atoms with Gasteiger partial charge in [0.25, 0.3) is 0 Å². The van der Waals surface area contributed by atoms with Crippen molar-refractivity contribution >= 4 is 0 Å². The zero-order valence-corrected chi connectivity index (χ0v) is 13.0. The summed E-state index contributed by atoms with van der Waals surface area (Å²) in [5.74, 6) is 0.809. The van der Waals surface area contributed by atoms with E-state index in [0.29, 0.717) is 0 Å². The highest BCUT2D eigenvalue weighted by molar-refractivity contribution is 4.73. The van der Waals surface area contributed by atoms with Crippen LogP contribution in [0.25, 0.3) is 0 Å². The minimum Gasteiger partial charge on any atom is -0.314 e. The fourth-order valence-electron chi connectivity index (χ4n) is 3.68. The minimum atomic E-state index is 0.809. The van der Waals surface area contributed by atoms with Crippen molar-refractivity contribution in [2.24, 2.45) is 5.92 Å². The Balaban J connectivity index is 1.59. The second-order valence-electron chi connectivity index (χ2n) is 6.92. The van der Waals surface area contributed by atoms with Crippen molar-refractivity contribution in [1.29, 1.82) is 0 Å². The molecular weight excluding hydrogens is 232 g/mol. The molecule has 1 heterocycles. The Hall–Kier alpha value is -0.0800. The molecule has 1 saturated heterocycles. The number of nitrogens with zero attached hydrogens (tertiary/aromatic N) is 1. The normalized spacial score (nSPS) is 25.7. The lowest BCUT2D eigenvalue weighted by molar-refractivity contribution is 0.196. The molecule has 0 aromatic heterocycles. The molecule has 0 bridgehead atoms. The van der Waals surface area contributed by atoms with E-state index in [1.54, 1.807) is 0 Å². The molecule has 112 valence electrons. The molecule has 1 atom stereocenters. The lowest BCUT2D eigenvalue weighted by atomic mass is 9.96. The van der Waals surface area contributed by atoms with Crippen molar-refractivity contribution in [3.63, 3.8) is 0 Å². The number of hydrogen-bond donors (Lipinski definition) is 1. The summed E-state index contributed by atoms with van der Waals surface area (Å²) in [6, 6.07) is 0.809. The summed E-state index contributed by atoms with van der Waals surface area (Å²) in [5, 5.41) is 3.85. The van der Waals surface area contributed by atoms with Crippen LogP contribution in [0.2, 0.25) is 0 Å². The molecule has 0 radical (unpaired) electrons. The highest BCUT2D eigenvalue weighted by Gasteiger charge is 2.15. The van der Waals surface area contributed by atoms with E-state index in [2.05, 4.69) is 17.1 Å². The highest BCUT2D eigenvalue weighted by Crippen LogP contribution is 2.17. The molecule has 1 aliphatic heterocycles. The highest BCUT2D eigenvalue weighted by atomic mass is 15.1. The Morgan fingerprint density at radius 1 is 0.895 bits per heavy atom. The van der Waals surface area contributed by atoms with Gasteiger partial charge in [-0.2, -0.15) is 0 Å². The van der Waals surface area contributed by atoms with Crippen molar-refractivity contribution in [3.05, 3.63) is 0 Å². The van der Waals surface area contributed by atoms with Crippen molar-refractivity contribution in [2.45, 2.75) is 77.2 Å². The first-order valence-electron chi connectivity index (χ1n) is 8.80. The summed E-state index contributed by atoms with van der Waals surface area (Å²) in [6.45, 7) is 7.63. The lowest BCUT2D eigenvalue weighted by Crippen LogP contribution is -2.39. The first-order valence-corrected chi connectivity index (χ1v) is 8.80. The monoisotopic (exact) mass is 266 g/mol. The first-order chi connectivity index (χ1) is 9.34. The summed E-state index contributed by atoms with van der Waals surface area (Å²) in [5.41, 5.74) is 0. The fraction of sp³-hybridized carbons (Fsp3) is 1.00. The molecule has 1 unspecified atom stereocenters. The molecule has 0 aromatic rings. The van der Waals surface area contributed by atoms with E-state index < -0.39 is 0 Å². The van der Waals surface area contributed by atoms with Crippen LogP contribution < -0.4 is 5.32 Å². The van der Waals surface area contributed by atoms with E-state index in [4.69, 9.17) is 0 Å². The van der Waals surface area contributed by atoms with Gasteiger partial charge < -0.3 is 10.2 Å². The maximum absolute atomic E-state index is 3.85. The molecule has 0 aromatic carbocycles. The van der Waals surface area contributed by atoms with Crippen LogP contribution in [0.3, 0.4) is 0 Å². The topological polar surface area (TPSA) is 15.3 Å². The number of likely N-dealkylation sites (tertiary alicyclic amines) is 1. The summed E-state index contributed by atoms with van der Waals surface area (Å²) in [4.78, 5) is 2.67.